The van der Waals surface area contributed by atoms with Crippen molar-refractivity contribution >= 4 is 11.9 Å². The molecular weight excluding hydrogens is 246 g/mol. The minimum Gasteiger partial charge on any atom is -0.480 e. The summed E-state index contributed by atoms with van der Waals surface area (Å²) in [5, 5.41) is 9.10. The van der Waals surface area contributed by atoms with Gasteiger partial charge in [0.15, 0.2) is 6.04 Å². The highest BCUT2D eigenvalue weighted by atomic mass is 16.5. The van der Waals surface area contributed by atoms with E-state index in [0.717, 1.165) is 11.1 Å². The number of aliphatic carboxylic acids is 1. The van der Waals surface area contributed by atoms with Crippen LogP contribution in [0.15, 0.2) is 24.3 Å². The first-order chi connectivity index (χ1) is 9.09. The minimum atomic E-state index is -1.02. The molecule has 1 heterocycles. The summed E-state index contributed by atoms with van der Waals surface area (Å²) in [7, 11) is 0. The van der Waals surface area contributed by atoms with Gasteiger partial charge >= 0.3 is 5.97 Å². The van der Waals surface area contributed by atoms with Crippen molar-refractivity contribution in [3.05, 3.63) is 35.4 Å². The molecule has 102 valence electrons. The van der Waals surface area contributed by atoms with Crippen molar-refractivity contribution < 1.29 is 19.4 Å². The zero-order valence-electron chi connectivity index (χ0n) is 10.8. The number of rotatable bonds is 3. The van der Waals surface area contributed by atoms with Crippen LogP contribution in [0, 0.1) is 6.92 Å². The summed E-state index contributed by atoms with van der Waals surface area (Å²) in [6.07, 6.45) is 0.233. The highest BCUT2D eigenvalue weighted by Crippen LogP contribution is 2.13. The molecule has 0 aromatic heterocycles. The van der Waals surface area contributed by atoms with Crippen LogP contribution in [0.25, 0.3) is 0 Å². The number of amides is 1. The molecule has 1 aromatic carbocycles. The Morgan fingerprint density at radius 2 is 2.16 bits per heavy atom. The molecule has 0 unspecified atom stereocenters. The Hall–Kier alpha value is -1.88. The third-order valence-electron chi connectivity index (χ3n) is 3.34. The number of morpholine rings is 1. The molecular formula is C14H17NO4. The molecule has 1 atom stereocenters. The fourth-order valence-corrected chi connectivity index (χ4v) is 2.18. The molecule has 0 bridgehead atoms. The van der Waals surface area contributed by atoms with E-state index in [0.29, 0.717) is 13.2 Å². The van der Waals surface area contributed by atoms with Crippen LogP contribution in [0.1, 0.15) is 11.1 Å². The molecule has 1 amide bonds. The second-order valence-electron chi connectivity index (χ2n) is 4.62. The highest BCUT2D eigenvalue weighted by molar-refractivity contribution is 5.85. The number of aryl methyl sites for hydroxylation is 1. The van der Waals surface area contributed by atoms with Crippen LogP contribution in [0.5, 0.6) is 0 Å². The number of carbonyl (C=O) groups excluding carboxylic acids is 1. The van der Waals surface area contributed by atoms with Gasteiger partial charge in [-0.1, -0.05) is 24.3 Å². The van der Waals surface area contributed by atoms with Crippen LogP contribution in [-0.2, 0) is 20.7 Å². The van der Waals surface area contributed by atoms with Gasteiger partial charge in [-0.25, -0.2) is 4.79 Å². The van der Waals surface area contributed by atoms with Gasteiger partial charge in [0.1, 0.15) is 0 Å². The first-order valence-electron chi connectivity index (χ1n) is 6.24. The number of hydrogen-bond donors (Lipinski definition) is 1. The number of benzene rings is 1. The second-order valence-corrected chi connectivity index (χ2v) is 4.62. The molecule has 0 spiro atoms. The lowest BCUT2D eigenvalue weighted by molar-refractivity contribution is -0.158. The third-order valence-corrected chi connectivity index (χ3v) is 3.34. The zero-order valence-corrected chi connectivity index (χ0v) is 10.8. The summed E-state index contributed by atoms with van der Waals surface area (Å²) in [6.45, 7) is 2.73. The summed E-state index contributed by atoms with van der Waals surface area (Å²) in [6, 6.07) is 6.76. The lowest BCUT2D eigenvalue weighted by atomic mass is 10.0. The maximum Gasteiger partial charge on any atom is 0.328 e. The van der Waals surface area contributed by atoms with Gasteiger partial charge in [-0.3, -0.25) is 4.79 Å². The normalized spacial score (nSPS) is 19.2. The molecule has 1 aliphatic rings. The van der Waals surface area contributed by atoms with Crippen molar-refractivity contribution in [2.75, 3.05) is 19.8 Å². The minimum absolute atomic E-state index is 0.0643. The summed E-state index contributed by atoms with van der Waals surface area (Å²) >= 11 is 0. The number of carbonyl (C=O) groups is 2. The van der Waals surface area contributed by atoms with Gasteiger partial charge in [0.2, 0.25) is 5.91 Å². The number of ether oxygens (including phenoxy) is 1. The molecule has 1 fully saturated rings. The Balaban J connectivity index is 2.10. The standard InChI is InChI=1S/C14H17NO4/c1-10-4-2-3-5-11(10)8-13(16)15-6-7-19-9-12(15)14(17)18/h2-5,12H,6-9H2,1H3,(H,17,18)/t12-/m0/s1. The SMILES string of the molecule is Cc1ccccc1CC(=O)N1CCOC[C@H]1C(=O)O. The third kappa shape index (κ3) is 3.12. The van der Waals surface area contributed by atoms with Gasteiger partial charge in [0.05, 0.1) is 19.6 Å². The molecule has 1 aromatic rings. The van der Waals surface area contributed by atoms with Crippen molar-refractivity contribution in [3.63, 3.8) is 0 Å². The molecule has 0 aliphatic carbocycles. The topological polar surface area (TPSA) is 66.8 Å². The van der Waals surface area contributed by atoms with Crippen molar-refractivity contribution in [2.45, 2.75) is 19.4 Å². The van der Waals surface area contributed by atoms with E-state index in [1.807, 2.05) is 31.2 Å². The Bertz CT molecular complexity index is 486. The Kier molecular flexibility index (Phi) is 4.16. The van der Waals surface area contributed by atoms with Crippen LogP contribution >= 0.6 is 0 Å². The van der Waals surface area contributed by atoms with Crippen LogP contribution in [0.2, 0.25) is 0 Å². The van der Waals surface area contributed by atoms with E-state index >= 15 is 0 Å². The lowest BCUT2D eigenvalue weighted by Crippen LogP contribution is -2.53. The predicted molar refractivity (Wildman–Crippen MR) is 68.8 cm³/mol. The van der Waals surface area contributed by atoms with E-state index in [-0.39, 0.29) is 18.9 Å². The van der Waals surface area contributed by atoms with E-state index in [1.54, 1.807) is 0 Å². The summed E-state index contributed by atoms with van der Waals surface area (Å²) in [5.74, 6) is -1.18. The van der Waals surface area contributed by atoms with Gasteiger partial charge in [0.25, 0.3) is 0 Å². The number of carboxylic acids is 1. The maximum absolute atomic E-state index is 12.2. The Labute approximate surface area is 111 Å². The summed E-state index contributed by atoms with van der Waals surface area (Å²) in [5.41, 5.74) is 1.97. The predicted octanol–water partition coefficient (Wildman–Crippen LogP) is 0.850. The lowest BCUT2D eigenvalue weighted by Gasteiger charge is -2.33. The van der Waals surface area contributed by atoms with Crippen molar-refractivity contribution in [1.29, 1.82) is 0 Å². The number of hydrogen-bond acceptors (Lipinski definition) is 3. The van der Waals surface area contributed by atoms with Crippen molar-refractivity contribution in [1.82, 2.24) is 4.90 Å². The van der Waals surface area contributed by atoms with Gasteiger partial charge in [-0.05, 0) is 18.1 Å². The van der Waals surface area contributed by atoms with E-state index < -0.39 is 12.0 Å². The average molecular weight is 263 g/mol. The zero-order chi connectivity index (χ0) is 13.8. The van der Waals surface area contributed by atoms with E-state index in [2.05, 4.69) is 0 Å². The quantitative estimate of drug-likeness (QED) is 0.878. The fourth-order valence-electron chi connectivity index (χ4n) is 2.18. The van der Waals surface area contributed by atoms with Crippen LogP contribution in [0.4, 0.5) is 0 Å². The first-order valence-corrected chi connectivity index (χ1v) is 6.24. The fraction of sp³-hybridized carbons (Fsp3) is 0.429. The van der Waals surface area contributed by atoms with Crippen molar-refractivity contribution in [3.8, 4) is 0 Å². The van der Waals surface area contributed by atoms with Gasteiger partial charge in [-0.2, -0.15) is 0 Å². The van der Waals surface area contributed by atoms with E-state index in [9.17, 15) is 9.59 Å². The first kappa shape index (κ1) is 13.5. The molecule has 1 saturated heterocycles. The largest absolute Gasteiger partial charge is 0.480 e. The summed E-state index contributed by atoms with van der Waals surface area (Å²) < 4.78 is 5.12. The molecule has 2 rings (SSSR count). The molecule has 5 heteroatoms. The Morgan fingerprint density at radius 1 is 1.42 bits per heavy atom. The van der Waals surface area contributed by atoms with Crippen molar-refractivity contribution in [2.24, 2.45) is 0 Å². The number of carboxylic acid groups (broad SMARTS) is 1. The smallest absolute Gasteiger partial charge is 0.328 e. The van der Waals surface area contributed by atoms with E-state index in [4.69, 9.17) is 9.84 Å². The molecule has 1 aliphatic heterocycles. The molecule has 0 saturated carbocycles. The van der Waals surface area contributed by atoms with E-state index in [1.165, 1.54) is 4.90 Å². The molecule has 1 N–H and O–H groups in total. The number of nitrogens with zero attached hydrogens (tertiary/aromatic N) is 1. The maximum atomic E-state index is 12.2. The van der Waals surface area contributed by atoms with Gasteiger partial charge in [-0.15, -0.1) is 0 Å². The second kappa shape index (κ2) is 5.84. The molecule has 5 nitrogen and oxygen atoms in total. The van der Waals surface area contributed by atoms with Gasteiger partial charge in [0, 0.05) is 6.54 Å². The highest BCUT2D eigenvalue weighted by Gasteiger charge is 2.32. The Morgan fingerprint density at radius 3 is 2.84 bits per heavy atom. The van der Waals surface area contributed by atoms with Gasteiger partial charge < -0.3 is 14.7 Å². The monoisotopic (exact) mass is 263 g/mol. The van der Waals surface area contributed by atoms with Crippen LogP contribution in [0.3, 0.4) is 0 Å². The average Bonchev–Trinajstić information content (AvgIpc) is 2.41. The van der Waals surface area contributed by atoms with Crippen LogP contribution < -0.4 is 0 Å². The van der Waals surface area contributed by atoms with Crippen LogP contribution in [-0.4, -0.2) is 47.7 Å². The summed E-state index contributed by atoms with van der Waals surface area (Å²) in [4.78, 5) is 24.8. The molecule has 19 heavy (non-hydrogen) atoms. The molecule has 0 radical (unpaired) electrons.